The van der Waals surface area contributed by atoms with Gasteiger partial charge in [-0.3, -0.25) is 4.79 Å². The normalized spacial score (nSPS) is 12.2. The molecule has 2 heterocycles. The zero-order valence-corrected chi connectivity index (χ0v) is 10.8. The lowest BCUT2D eigenvalue weighted by Gasteiger charge is -2.07. The summed E-state index contributed by atoms with van der Waals surface area (Å²) in [5.41, 5.74) is 0.194. The zero-order chi connectivity index (χ0) is 14.8. The van der Waals surface area contributed by atoms with Crippen LogP contribution in [0.2, 0.25) is 0 Å². The number of pyridine rings is 1. The molecule has 6 nitrogen and oxygen atoms in total. The lowest BCUT2D eigenvalue weighted by atomic mass is 10.2. The lowest BCUT2D eigenvalue weighted by molar-refractivity contribution is -0.609. The van der Waals surface area contributed by atoms with Crippen LogP contribution in [0, 0.1) is 11.0 Å². The number of hydrogen-bond acceptors (Lipinski definition) is 4. The van der Waals surface area contributed by atoms with Crippen LogP contribution in [0.25, 0.3) is 0 Å². The number of nitrogens with one attached hydrogen (secondary N) is 1. The monoisotopic (exact) mass is 290 g/mol. The Balaban J connectivity index is 1.71. The van der Waals surface area contributed by atoms with Crippen LogP contribution in [0.15, 0.2) is 36.5 Å². The van der Waals surface area contributed by atoms with E-state index < -0.39 is 17.4 Å². The van der Waals surface area contributed by atoms with Crippen LogP contribution in [-0.4, -0.2) is 12.7 Å². The maximum atomic E-state index is 13.5. The number of fused-ring (bicyclic) bond motifs is 1. The summed E-state index contributed by atoms with van der Waals surface area (Å²) < 4.78 is 24.1. The van der Waals surface area contributed by atoms with Crippen LogP contribution in [-0.2, 0) is 6.54 Å². The van der Waals surface area contributed by atoms with Crippen LogP contribution >= 0.6 is 0 Å². The van der Waals surface area contributed by atoms with E-state index >= 15 is 0 Å². The van der Waals surface area contributed by atoms with E-state index in [2.05, 4.69) is 5.32 Å². The average molecular weight is 290 g/mol. The third kappa shape index (κ3) is 2.58. The van der Waals surface area contributed by atoms with E-state index in [1.807, 2.05) is 0 Å². The Labute approximate surface area is 119 Å². The molecule has 108 valence electrons. The van der Waals surface area contributed by atoms with Gasteiger partial charge >= 0.3 is 11.6 Å². The summed E-state index contributed by atoms with van der Waals surface area (Å²) in [6, 6.07) is 7.48. The first kappa shape index (κ1) is 13.2. The molecule has 7 heteroatoms. The third-order valence-electron chi connectivity index (χ3n) is 3.02. The van der Waals surface area contributed by atoms with Crippen molar-refractivity contribution in [2.24, 2.45) is 0 Å². The highest BCUT2D eigenvalue weighted by Crippen LogP contribution is 2.32. The van der Waals surface area contributed by atoms with E-state index in [1.54, 1.807) is 18.2 Å². The second-order valence-corrected chi connectivity index (χ2v) is 4.40. The second-order valence-electron chi connectivity index (χ2n) is 4.40. The number of nitrogens with zero attached hydrogens (tertiary/aromatic N) is 1. The minimum Gasteiger partial charge on any atom is -0.618 e. The molecular formula is C14H11FN2O4. The summed E-state index contributed by atoms with van der Waals surface area (Å²) in [6.07, 6.45) is 1.07. The molecule has 0 bridgehead atoms. The van der Waals surface area contributed by atoms with Gasteiger partial charge in [0.2, 0.25) is 12.6 Å². The second kappa shape index (κ2) is 5.28. The Morgan fingerprint density at radius 2 is 2.14 bits per heavy atom. The molecule has 1 aromatic carbocycles. The van der Waals surface area contributed by atoms with E-state index in [9.17, 15) is 14.4 Å². The van der Waals surface area contributed by atoms with Crippen molar-refractivity contribution in [2.45, 2.75) is 6.54 Å². The van der Waals surface area contributed by atoms with Crippen molar-refractivity contribution in [1.29, 1.82) is 0 Å². The van der Waals surface area contributed by atoms with Crippen LogP contribution in [0.3, 0.4) is 0 Å². The smallest absolute Gasteiger partial charge is 0.320 e. The van der Waals surface area contributed by atoms with E-state index in [0.29, 0.717) is 11.5 Å². The molecule has 0 aliphatic carbocycles. The van der Waals surface area contributed by atoms with E-state index in [1.165, 1.54) is 6.07 Å². The molecule has 21 heavy (non-hydrogen) atoms. The number of carbonyl (C=O) groups is 1. The highest BCUT2D eigenvalue weighted by molar-refractivity contribution is 5.91. The average Bonchev–Trinajstić information content (AvgIpc) is 2.92. The zero-order valence-electron chi connectivity index (χ0n) is 10.8. The third-order valence-corrected chi connectivity index (χ3v) is 3.02. The Morgan fingerprint density at radius 3 is 2.95 bits per heavy atom. The maximum Gasteiger partial charge on any atom is 0.320 e. The van der Waals surface area contributed by atoms with Gasteiger partial charge in [-0.15, -0.1) is 0 Å². The van der Waals surface area contributed by atoms with Gasteiger partial charge in [-0.25, -0.2) is 0 Å². The molecule has 1 aliphatic rings. The number of ether oxygens (including phenoxy) is 2. The van der Waals surface area contributed by atoms with Gasteiger partial charge in [0.15, 0.2) is 17.7 Å². The number of aromatic nitrogens is 1. The van der Waals surface area contributed by atoms with Gasteiger partial charge in [0.05, 0.1) is 0 Å². The highest BCUT2D eigenvalue weighted by Gasteiger charge is 2.21. The Morgan fingerprint density at radius 1 is 1.33 bits per heavy atom. The summed E-state index contributed by atoms with van der Waals surface area (Å²) in [4.78, 5) is 11.9. The van der Waals surface area contributed by atoms with E-state index in [-0.39, 0.29) is 18.1 Å². The number of hydrogen-bond donors (Lipinski definition) is 1. The molecule has 1 N–H and O–H groups in total. The Kier molecular flexibility index (Phi) is 3.31. The first-order valence-electron chi connectivity index (χ1n) is 6.19. The van der Waals surface area contributed by atoms with Crippen LogP contribution in [0.5, 0.6) is 11.5 Å². The van der Waals surface area contributed by atoms with Gasteiger partial charge in [-0.05, 0) is 23.8 Å². The molecule has 0 saturated heterocycles. The predicted molar refractivity (Wildman–Crippen MR) is 69.1 cm³/mol. The fraction of sp³-hybridized carbons (Fsp3) is 0.143. The highest BCUT2D eigenvalue weighted by atomic mass is 19.1. The molecule has 0 unspecified atom stereocenters. The minimum atomic E-state index is -0.865. The number of carbonyl (C=O) groups excluding carboxylic acids is 1. The van der Waals surface area contributed by atoms with Gasteiger partial charge in [-0.2, -0.15) is 9.12 Å². The van der Waals surface area contributed by atoms with Crippen molar-refractivity contribution in [3.63, 3.8) is 0 Å². The van der Waals surface area contributed by atoms with Crippen molar-refractivity contribution in [2.75, 3.05) is 6.79 Å². The molecule has 1 aliphatic heterocycles. The van der Waals surface area contributed by atoms with Gasteiger partial charge in [0, 0.05) is 12.6 Å². The summed E-state index contributed by atoms with van der Waals surface area (Å²) >= 11 is 0. The predicted octanol–water partition coefficient (Wildman–Crippen LogP) is 1.12. The van der Waals surface area contributed by atoms with Crippen molar-refractivity contribution in [1.82, 2.24) is 5.32 Å². The largest absolute Gasteiger partial charge is 0.618 e. The number of rotatable bonds is 3. The number of halogens is 1. The molecule has 2 aromatic rings. The van der Waals surface area contributed by atoms with Crippen molar-refractivity contribution in [3.05, 3.63) is 58.8 Å². The first-order valence-corrected chi connectivity index (χ1v) is 6.19. The molecular weight excluding hydrogens is 279 g/mol. The van der Waals surface area contributed by atoms with Crippen molar-refractivity contribution in [3.8, 4) is 11.5 Å². The molecule has 0 spiro atoms. The standard InChI is InChI=1S/C14H11FN2O4/c15-10-2-1-5-17(19)13(10)14(18)16-7-9-3-4-11-12(6-9)21-8-20-11/h1-6H,7-8H2,(H,16,18). The maximum absolute atomic E-state index is 13.5. The molecule has 0 fully saturated rings. The molecule has 0 atom stereocenters. The fourth-order valence-corrected chi connectivity index (χ4v) is 1.99. The van der Waals surface area contributed by atoms with Gasteiger partial charge < -0.3 is 20.0 Å². The van der Waals surface area contributed by atoms with Gasteiger partial charge in [0.1, 0.15) is 0 Å². The Bertz CT molecular complexity index is 685. The van der Waals surface area contributed by atoms with Gasteiger partial charge in [-0.1, -0.05) is 6.07 Å². The van der Waals surface area contributed by atoms with Crippen LogP contribution in [0.1, 0.15) is 16.1 Å². The molecule has 0 saturated carbocycles. The quantitative estimate of drug-likeness (QED) is 0.679. The molecule has 1 amide bonds. The summed E-state index contributed by atoms with van der Waals surface area (Å²) in [6.45, 7) is 0.306. The van der Waals surface area contributed by atoms with Crippen LogP contribution < -0.4 is 19.5 Å². The minimum absolute atomic E-state index is 0.143. The van der Waals surface area contributed by atoms with E-state index in [4.69, 9.17) is 9.47 Å². The summed E-state index contributed by atoms with van der Waals surface area (Å²) in [5.74, 6) is -0.417. The summed E-state index contributed by atoms with van der Waals surface area (Å²) in [5, 5.41) is 13.9. The van der Waals surface area contributed by atoms with Gasteiger partial charge in [0.25, 0.3) is 0 Å². The molecule has 1 aromatic heterocycles. The van der Waals surface area contributed by atoms with Crippen LogP contribution in [0.4, 0.5) is 4.39 Å². The lowest BCUT2D eigenvalue weighted by Crippen LogP contribution is -2.40. The van der Waals surface area contributed by atoms with Crippen molar-refractivity contribution < 1.29 is 23.4 Å². The number of benzene rings is 1. The number of amides is 1. The van der Waals surface area contributed by atoms with E-state index in [0.717, 1.165) is 17.8 Å². The SMILES string of the molecule is O=C(NCc1ccc2c(c1)OCO2)c1c(F)ccc[n+]1[O-]. The first-order chi connectivity index (χ1) is 10.1. The molecule has 0 radical (unpaired) electrons. The Hall–Kier alpha value is -2.83. The summed E-state index contributed by atoms with van der Waals surface area (Å²) in [7, 11) is 0. The topological polar surface area (TPSA) is 74.5 Å². The van der Waals surface area contributed by atoms with Crippen molar-refractivity contribution >= 4 is 5.91 Å². The fourth-order valence-electron chi connectivity index (χ4n) is 1.99. The molecule has 3 rings (SSSR count).